The second-order valence-electron chi connectivity index (χ2n) is 5.80. The lowest BCUT2D eigenvalue weighted by Crippen LogP contribution is -2.45. The molecule has 0 bridgehead atoms. The first-order valence-electron chi connectivity index (χ1n) is 7.97. The first kappa shape index (κ1) is 18.0. The average molecular weight is 416 g/mol. The van der Waals surface area contributed by atoms with Crippen molar-refractivity contribution in [1.82, 2.24) is 10.6 Å². The predicted molar refractivity (Wildman–Crippen MR) is 103 cm³/mol. The number of nitrogens with one attached hydrogen (secondary N) is 3. The van der Waals surface area contributed by atoms with Gasteiger partial charge in [-0.05, 0) is 48.9 Å². The van der Waals surface area contributed by atoms with E-state index >= 15 is 0 Å². The van der Waals surface area contributed by atoms with Crippen LogP contribution in [-0.2, 0) is 4.79 Å². The van der Waals surface area contributed by atoms with Crippen LogP contribution >= 0.6 is 15.9 Å². The summed E-state index contributed by atoms with van der Waals surface area (Å²) in [5, 5.41) is 8.35. The van der Waals surface area contributed by atoms with Crippen molar-refractivity contribution in [3.05, 3.63) is 69.8 Å². The summed E-state index contributed by atoms with van der Waals surface area (Å²) in [7, 11) is 1.59. The molecule has 0 radical (unpaired) electrons. The number of rotatable bonds is 4. The highest BCUT2D eigenvalue weighted by Crippen LogP contribution is 2.29. The van der Waals surface area contributed by atoms with E-state index in [1.54, 1.807) is 38.3 Å². The lowest BCUT2D eigenvalue weighted by Gasteiger charge is -2.28. The van der Waals surface area contributed by atoms with Crippen LogP contribution in [0.4, 0.5) is 10.5 Å². The van der Waals surface area contributed by atoms with Gasteiger partial charge in [-0.1, -0.05) is 28.1 Å². The first-order valence-corrected chi connectivity index (χ1v) is 8.76. The monoisotopic (exact) mass is 415 g/mol. The molecule has 3 rings (SSSR count). The number of methoxy groups -OCH3 is 1. The summed E-state index contributed by atoms with van der Waals surface area (Å²) in [5.41, 5.74) is 2.44. The number of allylic oxidation sites excluding steroid dienone is 1. The van der Waals surface area contributed by atoms with Gasteiger partial charge < -0.3 is 20.7 Å². The molecule has 1 atom stereocenters. The van der Waals surface area contributed by atoms with E-state index in [1.165, 1.54) is 0 Å². The Morgan fingerprint density at radius 1 is 1.12 bits per heavy atom. The zero-order chi connectivity index (χ0) is 18.7. The highest BCUT2D eigenvalue weighted by atomic mass is 79.9. The molecule has 0 saturated heterocycles. The van der Waals surface area contributed by atoms with Gasteiger partial charge in [0.15, 0.2) is 0 Å². The summed E-state index contributed by atoms with van der Waals surface area (Å²) < 4.78 is 6.09. The van der Waals surface area contributed by atoms with Crippen molar-refractivity contribution in [1.29, 1.82) is 0 Å². The molecule has 0 saturated carbocycles. The van der Waals surface area contributed by atoms with E-state index in [0.29, 0.717) is 22.7 Å². The van der Waals surface area contributed by atoms with Gasteiger partial charge >= 0.3 is 6.03 Å². The summed E-state index contributed by atoms with van der Waals surface area (Å²) in [5.74, 6) is 0.425. The van der Waals surface area contributed by atoms with Crippen LogP contribution in [-0.4, -0.2) is 19.0 Å². The van der Waals surface area contributed by atoms with Gasteiger partial charge in [-0.3, -0.25) is 4.79 Å². The van der Waals surface area contributed by atoms with E-state index in [-0.39, 0.29) is 11.9 Å². The minimum absolute atomic E-state index is 0.279. The molecule has 26 heavy (non-hydrogen) atoms. The number of hydrogen-bond acceptors (Lipinski definition) is 3. The molecule has 0 aromatic heterocycles. The Kier molecular flexibility index (Phi) is 5.27. The van der Waals surface area contributed by atoms with E-state index < -0.39 is 6.04 Å². The summed E-state index contributed by atoms with van der Waals surface area (Å²) in [6.07, 6.45) is 0. The quantitative estimate of drug-likeness (QED) is 0.711. The molecule has 1 heterocycles. The molecule has 3 N–H and O–H groups in total. The predicted octanol–water partition coefficient (Wildman–Crippen LogP) is 3.72. The summed E-state index contributed by atoms with van der Waals surface area (Å²) in [4.78, 5) is 24.8. The van der Waals surface area contributed by atoms with Crippen LogP contribution in [0.25, 0.3) is 0 Å². The number of amides is 3. The Balaban J connectivity index is 1.91. The fourth-order valence-electron chi connectivity index (χ4n) is 2.77. The lowest BCUT2D eigenvalue weighted by atomic mass is 9.94. The summed E-state index contributed by atoms with van der Waals surface area (Å²) in [6, 6.07) is 13.6. The highest BCUT2D eigenvalue weighted by molar-refractivity contribution is 9.10. The molecular weight excluding hydrogens is 398 g/mol. The molecule has 2 aromatic rings. The fourth-order valence-corrected chi connectivity index (χ4v) is 3.04. The molecule has 0 aliphatic carbocycles. The molecule has 6 nitrogen and oxygen atoms in total. The molecule has 1 unspecified atom stereocenters. The number of benzene rings is 2. The topological polar surface area (TPSA) is 79.5 Å². The molecule has 2 aromatic carbocycles. The molecule has 0 fully saturated rings. The number of carbonyl (C=O) groups is 2. The van der Waals surface area contributed by atoms with E-state index in [1.807, 2.05) is 24.3 Å². The van der Waals surface area contributed by atoms with Gasteiger partial charge in [-0.15, -0.1) is 0 Å². The molecule has 7 heteroatoms. The molecule has 0 spiro atoms. The van der Waals surface area contributed by atoms with Gasteiger partial charge in [-0.25, -0.2) is 4.79 Å². The maximum absolute atomic E-state index is 12.9. The number of halogens is 1. The highest BCUT2D eigenvalue weighted by Gasteiger charge is 2.31. The largest absolute Gasteiger partial charge is 0.497 e. The van der Waals surface area contributed by atoms with Crippen molar-refractivity contribution in [2.75, 3.05) is 12.4 Å². The number of carbonyl (C=O) groups excluding carboxylic acids is 2. The van der Waals surface area contributed by atoms with Gasteiger partial charge in [-0.2, -0.15) is 0 Å². The van der Waals surface area contributed by atoms with Crippen LogP contribution in [0.15, 0.2) is 64.3 Å². The van der Waals surface area contributed by atoms with Crippen molar-refractivity contribution in [2.45, 2.75) is 13.0 Å². The van der Waals surface area contributed by atoms with Crippen molar-refractivity contribution in [2.24, 2.45) is 0 Å². The van der Waals surface area contributed by atoms with Crippen LogP contribution < -0.4 is 20.7 Å². The third-order valence-electron chi connectivity index (χ3n) is 4.06. The molecule has 1 aliphatic heterocycles. The second kappa shape index (κ2) is 7.61. The van der Waals surface area contributed by atoms with Gasteiger partial charge in [0.2, 0.25) is 0 Å². The zero-order valence-electron chi connectivity index (χ0n) is 14.3. The number of urea groups is 1. The van der Waals surface area contributed by atoms with E-state index in [4.69, 9.17) is 4.74 Å². The smallest absolute Gasteiger partial charge is 0.319 e. The Morgan fingerprint density at radius 3 is 2.38 bits per heavy atom. The van der Waals surface area contributed by atoms with E-state index in [0.717, 1.165) is 10.0 Å². The number of anilines is 1. The van der Waals surface area contributed by atoms with Crippen molar-refractivity contribution in [3.63, 3.8) is 0 Å². The second-order valence-corrected chi connectivity index (χ2v) is 6.72. The van der Waals surface area contributed by atoms with Crippen molar-refractivity contribution >= 4 is 33.6 Å². The van der Waals surface area contributed by atoms with Crippen LogP contribution in [0.1, 0.15) is 18.5 Å². The van der Waals surface area contributed by atoms with Gasteiger partial charge in [0.25, 0.3) is 5.91 Å². The molecule has 134 valence electrons. The summed E-state index contributed by atoms with van der Waals surface area (Å²) in [6.45, 7) is 1.71. The van der Waals surface area contributed by atoms with Crippen molar-refractivity contribution in [3.8, 4) is 5.75 Å². The summed E-state index contributed by atoms with van der Waals surface area (Å²) >= 11 is 3.37. The van der Waals surface area contributed by atoms with Crippen LogP contribution in [0.3, 0.4) is 0 Å². The van der Waals surface area contributed by atoms with Gasteiger partial charge in [0.05, 0.1) is 18.7 Å². The maximum Gasteiger partial charge on any atom is 0.319 e. The van der Waals surface area contributed by atoms with Crippen LogP contribution in [0, 0.1) is 0 Å². The molecule has 3 amide bonds. The van der Waals surface area contributed by atoms with E-state index in [2.05, 4.69) is 31.9 Å². The number of hydrogen-bond donors (Lipinski definition) is 3. The maximum atomic E-state index is 12.9. The average Bonchev–Trinajstić information content (AvgIpc) is 2.63. The molecular formula is C19H18BrN3O3. The van der Waals surface area contributed by atoms with Crippen LogP contribution in [0.2, 0.25) is 0 Å². The van der Waals surface area contributed by atoms with Crippen LogP contribution in [0.5, 0.6) is 5.75 Å². The normalized spacial score (nSPS) is 16.6. The Bertz CT molecular complexity index is 861. The van der Waals surface area contributed by atoms with Crippen molar-refractivity contribution < 1.29 is 14.3 Å². The Morgan fingerprint density at radius 2 is 1.77 bits per heavy atom. The SMILES string of the molecule is COc1ccc(C2NC(=O)NC(C)=C2C(=O)Nc2ccc(Br)cc2)cc1. The zero-order valence-corrected chi connectivity index (χ0v) is 15.9. The third kappa shape index (κ3) is 3.88. The minimum Gasteiger partial charge on any atom is -0.497 e. The standard InChI is InChI=1S/C19H18BrN3O3/c1-11-16(18(24)22-14-7-5-13(20)6-8-14)17(23-19(25)21-11)12-3-9-15(26-2)10-4-12/h3-10,17H,1-2H3,(H,22,24)(H2,21,23,25). The Labute approximate surface area is 159 Å². The van der Waals surface area contributed by atoms with Gasteiger partial charge in [0, 0.05) is 15.9 Å². The minimum atomic E-state index is -0.551. The van der Waals surface area contributed by atoms with Gasteiger partial charge in [0.1, 0.15) is 5.75 Å². The third-order valence-corrected chi connectivity index (χ3v) is 4.59. The lowest BCUT2D eigenvalue weighted by molar-refractivity contribution is -0.113. The fraction of sp³-hybridized carbons (Fsp3) is 0.158. The number of ether oxygens (including phenoxy) is 1. The molecule has 1 aliphatic rings. The Hall–Kier alpha value is -2.80. The van der Waals surface area contributed by atoms with E-state index in [9.17, 15) is 9.59 Å². The first-order chi connectivity index (χ1) is 12.5.